The molecule has 9 nitrogen and oxygen atoms in total. The van der Waals surface area contributed by atoms with Crippen molar-refractivity contribution >= 4 is 11.8 Å². The normalized spacial score (nSPS) is 19.6. The van der Waals surface area contributed by atoms with Crippen LogP contribution in [0.1, 0.15) is 11.3 Å². The van der Waals surface area contributed by atoms with E-state index in [9.17, 15) is 9.90 Å². The summed E-state index contributed by atoms with van der Waals surface area (Å²) in [5, 5.41) is 17.4. The van der Waals surface area contributed by atoms with E-state index in [1.807, 2.05) is 24.3 Å². The van der Waals surface area contributed by atoms with Gasteiger partial charge in [0, 0.05) is 11.8 Å². The Kier molecular flexibility index (Phi) is 4.00. The lowest BCUT2D eigenvalue weighted by atomic mass is 10.0. The fourth-order valence-corrected chi connectivity index (χ4v) is 3.87. The minimum absolute atomic E-state index is 0.157. The average Bonchev–Trinajstić information content (AvgIpc) is 3.43. The molecule has 29 heavy (non-hydrogen) atoms. The summed E-state index contributed by atoms with van der Waals surface area (Å²) >= 11 is 0. The maximum atomic E-state index is 12.1. The molecule has 3 aromatic rings. The maximum absolute atomic E-state index is 12.1. The zero-order valence-electron chi connectivity index (χ0n) is 15.3. The molecule has 1 aromatic carbocycles. The van der Waals surface area contributed by atoms with Crippen molar-refractivity contribution < 1.29 is 14.6 Å². The van der Waals surface area contributed by atoms with Gasteiger partial charge in [-0.25, -0.2) is 21.0 Å². The van der Waals surface area contributed by atoms with Gasteiger partial charge in [-0.2, -0.15) is 0 Å². The van der Waals surface area contributed by atoms with Crippen LogP contribution in [0.25, 0.3) is 21.8 Å². The van der Waals surface area contributed by atoms with Crippen molar-refractivity contribution in [2.45, 2.75) is 25.1 Å². The molecule has 2 aromatic heterocycles. The lowest BCUT2D eigenvalue weighted by Crippen LogP contribution is -2.34. The number of carbonyl (C=O) groups excluding carboxylic acids is 1. The summed E-state index contributed by atoms with van der Waals surface area (Å²) in [6.45, 7) is 6.90. The fraction of sp³-hybridized carbons (Fsp3) is 0.250. The Morgan fingerprint density at radius 2 is 2.14 bits per heavy atom. The van der Waals surface area contributed by atoms with Gasteiger partial charge in [-0.1, -0.05) is 11.3 Å². The second kappa shape index (κ2) is 6.68. The fourth-order valence-electron chi connectivity index (χ4n) is 3.87. The number of nitrogens with zero attached hydrogens (tertiary/aromatic N) is 6. The first-order chi connectivity index (χ1) is 14.2. The molecule has 1 amide bonds. The van der Waals surface area contributed by atoms with Gasteiger partial charge < -0.3 is 14.7 Å². The summed E-state index contributed by atoms with van der Waals surface area (Å²) < 4.78 is 6.76. The highest BCUT2D eigenvalue weighted by atomic mass is 16.6. The van der Waals surface area contributed by atoms with E-state index in [1.54, 1.807) is 22.0 Å². The van der Waals surface area contributed by atoms with Crippen molar-refractivity contribution in [3.8, 4) is 16.9 Å². The number of ether oxygens (including phenoxy) is 1. The molecular formula is C20H16N6O3. The van der Waals surface area contributed by atoms with Crippen molar-refractivity contribution in [3.63, 3.8) is 0 Å². The number of anilines is 1. The van der Waals surface area contributed by atoms with E-state index in [0.29, 0.717) is 17.9 Å². The lowest BCUT2D eigenvalue weighted by Gasteiger charge is -2.14. The van der Waals surface area contributed by atoms with Crippen LogP contribution in [-0.4, -0.2) is 49.9 Å². The number of aliphatic hydroxyl groups excluding tert-OH is 1. The van der Waals surface area contributed by atoms with Gasteiger partial charge in [-0.15, -0.1) is 5.10 Å². The minimum Gasteiger partial charge on any atom is -0.441 e. The summed E-state index contributed by atoms with van der Waals surface area (Å²) in [7, 11) is 0. The molecule has 2 aliphatic heterocycles. The monoisotopic (exact) mass is 388 g/mol. The summed E-state index contributed by atoms with van der Waals surface area (Å²) in [6.07, 6.45) is 3.20. The lowest BCUT2D eigenvalue weighted by molar-refractivity contribution is 0.0830. The topological polar surface area (TPSA) is 97.7 Å². The third-order valence-corrected chi connectivity index (χ3v) is 5.26. The molecule has 0 bridgehead atoms. The van der Waals surface area contributed by atoms with Crippen LogP contribution in [0, 0.1) is 6.57 Å². The Bertz CT molecular complexity index is 1130. The van der Waals surface area contributed by atoms with E-state index in [4.69, 9.17) is 11.3 Å². The average molecular weight is 388 g/mol. The number of carbonyl (C=O) groups is 1. The van der Waals surface area contributed by atoms with E-state index in [1.165, 1.54) is 0 Å². The Balaban J connectivity index is 1.41. The van der Waals surface area contributed by atoms with Gasteiger partial charge >= 0.3 is 6.09 Å². The molecule has 4 heterocycles. The molecule has 1 N–H and O–H groups in total. The summed E-state index contributed by atoms with van der Waals surface area (Å²) in [5.74, 6) is 0.618. The van der Waals surface area contributed by atoms with E-state index < -0.39 is 12.2 Å². The second-order valence-electron chi connectivity index (χ2n) is 6.97. The SMILES string of the molecule is [C-]#[N+]Cc1cn(-c2ccc(-c3ccc4c(c3)C[C@H]3[C@H](CO)OC(=O)N43)cn2)nn1. The first kappa shape index (κ1) is 17.3. The van der Waals surface area contributed by atoms with Crippen molar-refractivity contribution in [1.82, 2.24) is 20.0 Å². The van der Waals surface area contributed by atoms with E-state index >= 15 is 0 Å². The van der Waals surface area contributed by atoms with Crippen molar-refractivity contribution in [2.24, 2.45) is 0 Å². The number of amides is 1. The molecule has 1 saturated heterocycles. The molecule has 144 valence electrons. The Hall–Kier alpha value is -3.77. The molecule has 0 spiro atoms. The number of cyclic esters (lactones) is 1. The number of rotatable bonds is 4. The Morgan fingerprint density at radius 3 is 2.90 bits per heavy atom. The van der Waals surface area contributed by atoms with Crippen LogP contribution in [0.2, 0.25) is 0 Å². The molecule has 2 aliphatic rings. The van der Waals surface area contributed by atoms with E-state index in [2.05, 4.69) is 26.2 Å². The first-order valence-electron chi connectivity index (χ1n) is 9.13. The third-order valence-electron chi connectivity index (χ3n) is 5.26. The van der Waals surface area contributed by atoms with Gasteiger partial charge in [0.1, 0.15) is 6.10 Å². The Morgan fingerprint density at radius 1 is 1.28 bits per heavy atom. The van der Waals surface area contributed by atoms with Crippen LogP contribution in [-0.2, 0) is 17.7 Å². The van der Waals surface area contributed by atoms with E-state index in [0.717, 1.165) is 22.4 Å². The highest BCUT2D eigenvalue weighted by Gasteiger charge is 2.47. The van der Waals surface area contributed by atoms with E-state index in [-0.39, 0.29) is 19.2 Å². The van der Waals surface area contributed by atoms with Gasteiger partial charge in [-0.3, -0.25) is 4.90 Å². The van der Waals surface area contributed by atoms with Crippen LogP contribution >= 0.6 is 0 Å². The van der Waals surface area contributed by atoms with Gasteiger partial charge in [0.2, 0.25) is 0 Å². The smallest absolute Gasteiger partial charge is 0.415 e. The number of hydrogen-bond donors (Lipinski definition) is 1. The molecule has 0 radical (unpaired) electrons. The van der Waals surface area contributed by atoms with Gasteiger partial charge in [0.05, 0.1) is 24.5 Å². The van der Waals surface area contributed by atoms with Gasteiger partial charge in [-0.05, 0) is 41.8 Å². The second-order valence-corrected chi connectivity index (χ2v) is 6.97. The number of aliphatic hydroxyl groups is 1. The largest absolute Gasteiger partial charge is 0.441 e. The molecule has 9 heteroatoms. The molecule has 1 fully saturated rings. The molecular weight excluding hydrogens is 372 g/mol. The first-order valence-corrected chi connectivity index (χ1v) is 9.13. The van der Waals surface area contributed by atoms with Crippen LogP contribution in [0.15, 0.2) is 42.7 Å². The number of hydrogen-bond acceptors (Lipinski definition) is 6. The highest BCUT2D eigenvalue weighted by molar-refractivity contribution is 5.94. The summed E-state index contributed by atoms with van der Waals surface area (Å²) in [4.78, 5) is 21.5. The van der Waals surface area contributed by atoms with Crippen LogP contribution in [0.4, 0.5) is 10.5 Å². The standard InChI is InChI=1S/C20H16N6O3/c1-21-9-15-10-25(24-23-15)19-5-3-13(8-22-19)12-2-4-16-14(6-12)7-17-18(11-27)29-20(28)26(16)17/h2-6,8,10,17-18,27H,7,9,11H2/t17-,18-/m0/s1. The summed E-state index contributed by atoms with van der Waals surface area (Å²) in [6, 6.07) is 9.54. The van der Waals surface area contributed by atoms with Gasteiger partial charge in [0.15, 0.2) is 11.5 Å². The molecule has 0 aliphatic carbocycles. The van der Waals surface area contributed by atoms with Crippen LogP contribution in [0.3, 0.4) is 0 Å². The van der Waals surface area contributed by atoms with Crippen molar-refractivity contribution in [2.75, 3.05) is 11.5 Å². The van der Waals surface area contributed by atoms with Crippen LogP contribution in [0.5, 0.6) is 0 Å². The molecule has 0 unspecified atom stereocenters. The summed E-state index contributed by atoms with van der Waals surface area (Å²) in [5.41, 5.74) is 4.41. The number of benzene rings is 1. The highest BCUT2D eigenvalue weighted by Crippen LogP contribution is 2.40. The van der Waals surface area contributed by atoms with Gasteiger partial charge in [0.25, 0.3) is 6.54 Å². The predicted molar refractivity (Wildman–Crippen MR) is 102 cm³/mol. The quantitative estimate of drug-likeness (QED) is 0.687. The number of fused-ring (bicyclic) bond motifs is 3. The number of pyridine rings is 1. The predicted octanol–water partition coefficient (Wildman–Crippen LogP) is 1.99. The zero-order chi connectivity index (χ0) is 20.0. The number of aromatic nitrogens is 4. The van der Waals surface area contributed by atoms with Crippen molar-refractivity contribution in [1.29, 1.82) is 0 Å². The molecule has 0 saturated carbocycles. The Labute approximate surface area is 166 Å². The zero-order valence-corrected chi connectivity index (χ0v) is 15.3. The minimum atomic E-state index is -0.491. The molecule has 5 rings (SSSR count). The van der Waals surface area contributed by atoms with Crippen molar-refractivity contribution in [3.05, 3.63) is 65.4 Å². The third kappa shape index (κ3) is 2.81. The molecule has 2 atom stereocenters. The maximum Gasteiger partial charge on any atom is 0.415 e. The van der Waals surface area contributed by atoms with Crippen LogP contribution < -0.4 is 4.90 Å².